The third-order valence-corrected chi connectivity index (χ3v) is 2.54. The number of fused-ring (bicyclic) bond motifs is 1. The molecular formula is C12H13NO2. The molecule has 0 N–H and O–H groups in total. The van der Waals surface area contributed by atoms with Gasteiger partial charge >= 0.3 is 5.97 Å². The van der Waals surface area contributed by atoms with Crippen LogP contribution in [0.5, 0.6) is 0 Å². The lowest BCUT2D eigenvalue weighted by atomic mass is 9.98. The molecule has 1 aliphatic rings. The fourth-order valence-electron chi connectivity index (χ4n) is 1.82. The van der Waals surface area contributed by atoms with Crippen LogP contribution in [0.2, 0.25) is 0 Å². The second kappa shape index (κ2) is 3.85. The lowest BCUT2D eigenvalue weighted by molar-refractivity contribution is 0.0471. The minimum absolute atomic E-state index is 0.304. The topological polar surface area (TPSA) is 39.2 Å². The zero-order chi connectivity index (χ0) is 10.8. The molecule has 1 aliphatic heterocycles. The number of hydrogen-bond acceptors (Lipinski definition) is 3. The van der Waals surface area contributed by atoms with Crippen molar-refractivity contribution in [1.82, 2.24) is 4.98 Å². The number of hydrogen-bond donors (Lipinski definition) is 0. The summed E-state index contributed by atoms with van der Waals surface area (Å²) in [4.78, 5) is 15.6. The number of ether oxygens (including phenoxy) is 1. The number of carbonyl (C=O) groups excluding carboxylic acids is 1. The second-order valence-corrected chi connectivity index (χ2v) is 3.57. The van der Waals surface area contributed by atoms with E-state index in [0.717, 1.165) is 23.1 Å². The van der Waals surface area contributed by atoms with E-state index in [0.29, 0.717) is 12.3 Å². The first kappa shape index (κ1) is 9.90. The van der Waals surface area contributed by atoms with E-state index in [1.807, 2.05) is 26.0 Å². The van der Waals surface area contributed by atoms with E-state index in [9.17, 15) is 4.79 Å². The third kappa shape index (κ3) is 1.65. The van der Waals surface area contributed by atoms with Crippen LogP contribution < -0.4 is 0 Å². The Morgan fingerprint density at radius 2 is 2.33 bits per heavy atom. The van der Waals surface area contributed by atoms with Crippen molar-refractivity contribution in [3.63, 3.8) is 0 Å². The molecule has 0 saturated carbocycles. The van der Waals surface area contributed by atoms with Crippen LogP contribution in [-0.4, -0.2) is 17.6 Å². The lowest BCUT2D eigenvalue weighted by Crippen LogP contribution is -2.20. The predicted octanol–water partition coefficient (Wildman–Crippen LogP) is 2.14. The third-order valence-electron chi connectivity index (χ3n) is 2.54. The number of cyclic esters (lactones) is 1. The number of aryl methyl sites for hydroxylation is 1. The lowest BCUT2D eigenvalue weighted by Gasteiger charge is -2.17. The van der Waals surface area contributed by atoms with E-state index in [4.69, 9.17) is 4.74 Å². The summed E-state index contributed by atoms with van der Waals surface area (Å²) >= 11 is 0. The van der Waals surface area contributed by atoms with Gasteiger partial charge in [-0.05, 0) is 30.5 Å². The van der Waals surface area contributed by atoms with Crippen LogP contribution >= 0.6 is 0 Å². The number of pyridine rings is 1. The molecule has 0 bridgehead atoms. The van der Waals surface area contributed by atoms with E-state index in [2.05, 4.69) is 4.98 Å². The number of esters is 1. The molecule has 2 rings (SSSR count). The van der Waals surface area contributed by atoms with Crippen LogP contribution in [0.4, 0.5) is 0 Å². The van der Waals surface area contributed by atoms with Crippen molar-refractivity contribution in [2.75, 3.05) is 6.61 Å². The Labute approximate surface area is 88.8 Å². The minimum Gasteiger partial charge on any atom is -0.461 e. The first-order valence-corrected chi connectivity index (χ1v) is 5.02. The van der Waals surface area contributed by atoms with E-state index < -0.39 is 0 Å². The Hall–Kier alpha value is -1.64. The van der Waals surface area contributed by atoms with Gasteiger partial charge in [0.1, 0.15) is 0 Å². The maximum atomic E-state index is 11.4. The first-order valence-electron chi connectivity index (χ1n) is 5.02. The molecule has 1 aromatic rings. The van der Waals surface area contributed by atoms with Crippen molar-refractivity contribution < 1.29 is 9.53 Å². The summed E-state index contributed by atoms with van der Waals surface area (Å²) < 4.78 is 4.95. The summed E-state index contributed by atoms with van der Waals surface area (Å²) in [5.41, 5.74) is 3.70. The zero-order valence-corrected chi connectivity index (χ0v) is 8.91. The molecule has 0 fully saturated rings. The molecule has 0 amide bonds. The highest BCUT2D eigenvalue weighted by Gasteiger charge is 2.22. The molecule has 1 aromatic heterocycles. The molecule has 78 valence electrons. The van der Waals surface area contributed by atoms with Gasteiger partial charge in [0.15, 0.2) is 5.69 Å². The molecule has 0 aliphatic carbocycles. The summed E-state index contributed by atoms with van der Waals surface area (Å²) in [6, 6.07) is 0. The highest BCUT2D eigenvalue weighted by atomic mass is 16.5. The molecule has 0 spiro atoms. The number of nitrogens with zero attached hydrogens (tertiary/aromatic N) is 1. The number of aromatic nitrogens is 1. The molecular weight excluding hydrogens is 190 g/mol. The Balaban J connectivity index is 2.63. The molecule has 0 aromatic carbocycles. The molecule has 3 heteroatoms. The van der Waals surface area contributed by atoms with E-state index in [1.54, 1.807) is 6.20 Å². The number of allylic oxidation sites excluding steroid dienone is 1. The van der Waals surface area contributed by atoms with Crippen molar-refractivity contribution in [3.8, 4) is 0 Å². The van der Waals surface area contributed by atoms with Gasteiger partial charge < -0.3 is 4.74 Å². The van der Waals surface area contributed by atoms with Gasteiger partial charge in [-0.1, -0.05) is 12.2 Å². The predicted molar refractivity (Wildman–Crippen MR) is 57.7 cm³/mol. The maximum Gasteiger partial charge on any atom is 0.357 e. The van der Waals surface area contributed by atoms with Gasteiger partial charge in [0.2, 0.25) is 0 Å². The molecule has 0 saturated heterocycles. The molecule has 2 heterocycles. The Morgan fingerprint density at radius 1 is 1.53 bits per heavy atom. The molecule has 3 nitrogen and oxygen atoms in total. The quantitative estimate of drug-likeness (QED) is 0.656. The average Bonchev–Trinajstić information content (AvgIpc) is 2.23. The van der Waals surface area contributed by atoms with Gasteiger partial charge in [-0.2, -0.15) is 0 Å². The summed E-state index contributed by atoms with van der Waals surface area (Å²) in [5, 5.41) is 0. The highest BCUT2D eigenvalue weighted by Crippen LogP contribution is 2.22. The fourth-order valence-corrected chi connectivity index (χ4v) is 1.82. The smallest absolute Gasteiger partial charge is 0.357 e. The van der Waals surface area contributed by atoms with E-state index in [-0.39, 0.29) is 5.97 Å². The Bertz CT molecular complexity index is 435. The van der Waals surface area contributed by atoms with Crippen molar-refractivity contribution in [3.05, 3.63) is 34.7 Å². The average molecular weight is 203 g/mol. The normalized spacial score (nSPS) is 15.2. The summed E-state index contributed by atoms with van der Waals surface area (Å²) in [7, 11) is 0. The monoisotopic (exact) mass is 203 g/mol. The maximum absolute atomic E-state index is 11.4. The number of carbonyl (C=O) groups is 1. The largest absolute Gasteiger partial charge is 0.461 e. The molecule has 15 heavy (non-hydrogen) atoms. The van der Waals surface area contributed by atoms with Gasteiger partial charge in [0, 0.05) is 12.6 Å². The SMILES string of the molecule is C/C=C\c1c(C)cnc2c1CCOC2=O. The molecule has 0 atom stereocenters. The van der Waals surface area contributed by atoms with E-state index in [1.165, 1.54) is 0 Å². The van der Waals surface area contributed by atoms with Gasteiger partial charge in [-0.3, -0.25) is 0 Å². The summed E-state index contributed by atoms with van der Waals surface area (Å²) in [6.45, 7) is 4.43. The van der Waals surface area contributed by atoms with Crippen LogP contribution in [-0.2, 0) is 11.2 Å². The van der Waals surface area contributed by atoms with Crippen LogP contribution in [0.25, 0.3) is 6.08 Å². The fraction of sp³-hybridized carbons (Fsp3) is 0.333. The molecule has 0 unspecified atom stereocenters. The highest BCUT2D eigenvalue weighted by molar-refractivity contribution is 5.91. The van der Waals surface area contributed by atoms with Crippen molar-refractivity contribution in [2.24, 2.45) is 0 Å². The second-order valence-electron chi connectivity index (χ2n) is 3.57. The standard InChI is InChI=1S/C12H13NO2/c1-3-4-9-8(2)7-13-11-10(9)5-6-15-12(11)14/h3-4,7H,5-6H2,1-2H3/b4-3-. The van der Waals surface area contributed by atoms with E-state index >= 15 is 0 Å². The Kier molecular flexibility index (Phi) is 2.54. The van der Waals surface area contributed by atoms with Gasteiger partial charge in [-0.15, -0.1) is 0 Å². The zero-order valence-electron chi connectivity index (χ0n) is 8.91. The van der Waals surface area contributed by atoms with Gasteiger partial charge in [-0.25, -0.2) is 9.78 Å². The van der Waals surface area contributed by atoms with Crippen molar-refractivity contribution in [2.45, 2.75) is 20.3 Å². The summed E-state index contributed by atoms with van der Waals surface area (Å²) in [6.07, 6.45) is 6.48. The van der Waals surface area contributed by atoms with Crippen molar-refractivity contribution in [1.29, 1.82) is 0 Å². The minimum atomic E-state index is -0.304. The Morgan fingerprint density at radius 3 is 3.07 bits per heavy atom. The van der Waals surface area contributed by atoms with Crippen molar-refractivity contribution >= 4 is 12.0 Å². The van der Waals surface area contributed by atoms with Crippen LogP contribution in [0.3, 0.4) is 0 Å². The van der Waals surface area contributed by atoms with Crippen LogP contribution in [0.15, 0.2) is 12.3 Å². The van der Waals surface area contributed by atoms with Gasteiger partial charge in [0.25, 0.3) is 0 Å². The number of rotatable bonds is 1. The summed E-state index contributed by atoms with van der Waals surface area (Å²) in [5.74, 6) is -0.304. The van der Waals surface area contributed by atoms with Gasteiger partial charge in [0.05, 0.1) is 6.61 Å². The molecule has 0 radical (unpaired) electrons. The van der Waals surface area contributed by atoms with Crippen LogP contribution in [0, 0.1) is 6.92 Å². The van der Waals surface area contributed by atoms with Crippen LogP contribution in [0.1, 0.15) is 34.1 Å². The first-order chi connectivity index (χ1) is 7.24.